The molecule has 2 rings (SSSR count). The number of piperazine rings is 1. The highest BCUT2D eigenvalue weighted by molar-refractivity contribution is 5.85. The Morgan fingerprint density at radius 1 is 1.24 bits per heavy atom. The normalized spacial score (nSPS) is 23.1. The number of nitrogens with one attached hydrogen (secondary N) is 3. The van der Waals surface area contributed by atoms with Gasteiger partial charge in [-0.1, -0.05) is 19.3 Å². The molecule has 3 N–H and O–H groups in total. The van der Waals surface area contributed by atoms with Crippen LogP contribution in [0.5, 0.6) is 0 Å². The Morgan fingerprint density at radius 2 is 1.95 bits per heavy atom. The second kappa shape index (κ2) is 9.10. The molecule has 1 unspecified atom stereocenters. The summed E-state index contributed by atoms with van der Waals surface area (Å²) in [7, 11) is 0. The molecule has 2 fully saturated rings. The lowest BCUT2D eigenvalue weighted by atomic mass is 9.96. The topological polar surface area (TPSA) is 73.5 Å². The van der Waals surface area contributed by atoms with Crippen LogP contribution in [0.25, 0.3) is 0 Å². The van der Waals surface area contributed by atoms with Gasteiger partial charge >= 0.3 is 6.03 Å². The third-order valence-corrected chi connectivity index (χ3v) is 4.16. The maximum atomic E-state index is 12.1. The van der Waals surface area contributed by atoms with Crippen LogP contribution < -0.4 is 16.0 Å². The second-order valence-corrected chi connectivity index (χ2v) is 5.80. The molecular formula is C14H27ClN4O2. The van der Waals surface area contributed by atoms with E-state index < -0.39 is 0 Å². The van der Waals surface area contributed by atoms with E-state index in [1.54, 1.807) is 0 Å². The predicted octanol–water partition coefficient (Wildman–Crippen LogP) is 0.860. The number of urea groups is 1. The van der Waals surface area contributed by atoms with Crippen molar-refractivity contribution in [2.45, 2.75) is 51.1 Å². The molecule has 6 nitrogen and oxygen atoms in total. The van der Waals surface area contributed by atoms with Gasteiger partial charge in [0.1, 0.15) is 0 Å². The summed E-state index contributed by atoms with van der Waals surface area (Å²) in [6.07, 6.45) is 5.73. The molecule has 0 aromatic heterocycles. The summed E-state index contributed by atoms with van der Waals surface area (Å²) in [5.41, 5.74) is 0. The van der Waals surface area contributed by atoms with E-state index in [1.165, 1.54) is 19.3 Å². The zero-order valence-electron chi connectivity index (χ0n) is 12.7. The SMILES string of the molecule is CC1CNCCN1C(=O)CNC(=O)NC1CCCCC1.Cl. The lowest BCUT2D eigenvalue weighted by Crippen LogP contribution is -2.55. The van der Waals surface area contributed by atoms with Gasteiger partial charge in [-0.05, 0) is 19.8 Å². The van der Waals surface area contributed by atoms with Crippen molar-refractivity contribution in [2.24, 2.45) is 0 Å². The fourth-order valence-electron chi connectivity index (χ4n) is 2.95. The monoisotopic (exact) mass is 318 g/mol. The second-order valence-electron chi connectivity index (χ2n) is 5.80. The molecular weight excluding hydrogens is 292 g/mol. The molecule has 1 atom stereocenters. The number of hydrogen-bond donors (Lipinski definition) is 3. The highest BCUT2D eigenvalue weighted by Gasteiger charge is 2.23. The lowest BCUT2D eigenvalue weighted by molar-refractivity contribution is -0.132. The Bertz CT molecular complexity index is 348. The molecule has 1 aliphatic heterocycles. The Morgan fingerprint density at radius 3 is 2.62 bits per heavy atom. The van der Waals surface area contributed by atoms with Crippen LogP contribution in [-0.4, -0.2) is 55.1 Å². The number of carbonyl (C=O) groups is 2. The van der Waals surface area contributed by atoms with Crippen molar-refractivity contribution < 1.29 is 9.59 Å². The predicted molar refractivity (Wildman–Crippen MR) is 84.7 cm³/mol. The minimum atomic E-state index is -0.215. The summed E-state index contributed by atoms with van der Waals surface area (Å²) in [6, 6.07) is 0.254. The van der Waals surface area contributed by atoms with Gasteiger partial charge in [-0.25, -0.2) is 4.79 Å². The van der Waals surface area contributed by atoms with E-state index in [-0.39, 0.29) is 43.0 Å². The van der Waals surface area contributed by atoms with E-state index in [0.29, 0.717) is 6.54 Å². The number of rotatable bonds is 3. The summed E-state index contributed by atoms with van der Waals surface area (Å²) >= 11 is 0. The van der Waals surface area contributed by atoms with Gasteiger partial charge in [0.2, 0.25) is 5.91 Å². The molecule has 3 amide bonds. The van der Waals surface area contributed by atoms with Crippen molar-refractivity contribution in [1.82, 2.24) is 20.9 Å². The molecule has 0 spiro atoms. The average Bonchev–Trinajstić information content (AvgIpc) is 2.46. The molecule has 0 radical (unpaired) electrons. The third-order valence-electron chi connectivity index (χ3n) is 4.16. The summed E-state index contributed by atoms with van der Waals surface area (Å²) in [6.45, 7) is 4.46. The van der Waals surface area contributed by atoms with E-state index in [0.717, 1.165) is 25.9 Å². The van der Waals surface area contributed by atoms with Crippen LogP contribution in [0, 0.1) is 0 Å². The lowest BCUT2D eigenvalue weighted by Gasteiger charge is -2.34. The zero-order chi connectivity index (χ0) is 14.4. The smallest absolute Gasteiger partial charge is 0.315 e. The largest absolute Gasteiger partial charge is 0.336 e. The van der Waals surface area contributed by atoms with Crippen LogP contribution >= 0.6 is 12.4 Å². The van der Waals surface area contributed by atoms with Gasteiger partial charge in [0, 0.05) is 31.7 Å². The average molecular weight is 319 g/mol. The molecule has 122 valence electrons. The zero-order valence-corrected chi connectivity index (χ0v) is 13.5. The summed E-state index contributed by atoms with van der Waals surface area (Å²) < 4.78 is 0. The molecule has 0 aromatic carbocycles. The molecule has 1 aliphatic carbocycles. The minimum absolute atomic E-state index is 0. The Hall–Kier alpha value is -1.01. The maximum absolute atomic E-state index is 12.1. The molecule has 1 saturated carbocycles. The fourth-order valence-corrected chi connectivity index (χ4v) is 2.95. The first-order valence-corrected chi connectivity index (χ1v) is 7.71. The van der Waals surface area contributed by atoms with E-state index in [4.69, 9.17) is 0 Å². The maximum Gasteiger partial charge on any atom is 0.315 e. The van der Waals surface area contributed by atoms with Gasteiger partial charge in [0.25, 0.3) is 0 Å². The first-order chi connectivity index (χ1) is 9.66. The van der Waals surface area contributed by atoms with Crippen molar-refractivity contribution in [3.63, 3.8) is 0 Å². The number of hydrogen-bond acceptors (Lipinski definition) is 3. The number of carbonyl (C=O) groups excluding carboxylic acids is 2. The molecule has 21 heavy (non-hydrogen) atoms. The molecule has 2 aliphatic rings. The van der Waals surface area contributed by atoms with E-state index in [2.05, 4.69) is 16.0 Å². The summed E-state index contributed by atoms with van der Waals surface area (Å²) in [5.74, 6) is -0.00204. The van der Waals surface area contributed by atoms with Crippen molar-refractivity contribution in [3.05, 3.63) is 0 Å². The van der Waals surface area contributed by atoms with Gasteiger partial charge in [-0.3, -0.25) is 4.79 Å². The molecule has 0 aromatic rings. The summed E-state index contributed by atoms with van der Waals surface area (Å²) in [5, 5.41) is 8.89. The minimum Gasteiger partial charge on any atom is -0.336 e. The number of halogens is 1. The third kappa shape index (κ3) is 5.71. The van der Waals surface area contributed by atoms with Crippen LogP contribution in [-0.2, 0) is 4.79 Å². The van der Waals surface area contributed by atoms with Crippen molar-refractivity contribution in [2.75, 3.05) is 26.2 Å². The van der Waals surface area contributed by atoms with E-state index >= 15 is 0 Å². The van der Waals surface area contributed by atoms with E-state index in [1.807, 2.05) is 11.8 Å². The standard InChI is InChI=1S/C14H26N4O2.ClH/c1-11-9-15-7-8-18(11)13(19)10-16-14(20)17-12-5-3-2-4-6-12;/h11-12,15H,2-10H2,1H3,(H2,16,17,20);1H. The molecule has 1 saturated heterocycles. The first-order valence-electron chi connectivity index (χ1n) is 7.71. The van der Waals surface area contributed by atoms with Gasteiger partial charge in [-0.15, -0.1) is 12.4 Å². The number of nitrogens with zero attached hydrogens (tertiary/aromatic N) is 1. The van der Waals surface area contributed by atoms with E-state index in [9.17, 15) is 9.59 Å². The van der Waals surface area contributed by atoms with Crippen molar-refractivity contribution in [1.29, 1.82) is 0 Å². The Labute approximate surface area is 132 Å². The quantitative estimate of drug-likeness (QED) is 0.722. The van der Waals surface area contributed by atoms with Gasteiger partial charge in [-0.2, -0.15) is 0 Å². The van der Waals surface area contributed by atoms with Crippen LogP contribution in [0.3, 0.4) is 0 Å². The molecule has 1 heterocycles. The first kappa shape index (κ1) is 18.0. The highest BCUT2D eigenvalue weighted by Crippen LogP contribution is 2.17. The highest BCUT2D eigenvalue weighted by atomic mass is 35.5. The van der Waals surface area contributed by atoms with Crippen LogP contribution in [0.4, 0.5) is 4.79 Å². The number of amides is 3. The Kier molecular flexibility index (Phi) is 7.82. The van der Waals surface area contributed by atoms with Crippen LogP contribution in [0.1, 0.15) is 39.0 Å². The van der Waals surface area contributed by atoms with Crippen LogP contribution in [0.15, 0.2) is 0 Å². The van der Waals surface area contributed by atoms with Crippen molar-refractivity contribution >= 4 is 24.3 Å². The molecule has 0 bridgehead atoms. The fraction of sp³-hybridized carbons (Fsp3) is 0.857. The van der Waals surface area contributed by atoms with Gasteiger partial charge in [0.15, 0.2) is 0 Å². The van der Waals surface area contributed by atoms with Gasteiger partial charge in [0.05, 0.1) is 6.54 Å². The van der Waals surface area contributed by atoms with Crippen LogP contribution in [0.2, 0.25) is 0 Å². The van der Waals surface area contributed by atoms with Gasteiger partial charge < -0.3 is 20.9 Å². The summed E-state index contributed by atoms with van der Waals surface area (Å²) in [4.78, 5) is 25.7. The molecule has 7 heteroatoms. The Balaban J connectivity index is 0.00000220. The van der Waals surface area contributed by atoms with Crippen molar-refractivity contribution in [3.8, 4) is 0 Å².